The van der Waals surface area contributed by atoms with E-state index >= 15 is 0 Å². The fourth-order valence-corrected chi connectivity index (χ4v) is 2.23. The van der Waals surface area contributed by atoms with Gasteiger partial charge in [-0.15, -0.1) is 0 Å². The summed E-state index contributed by atoms with van der Waals surface area (Å²) in [6.45, 7) is 7.43. The molecule has 0 aliphatic carbocycles. The Labute approximate surface area is 99.1 Å². The van der Waals surface area contributed by atoms with Gasteiger partial charge in [0.05, 0.1) is 17.8 Å². The molecule has 96 valence electrons. The number of rotatable bonds is 7. The second-order valence-electron chi connectivity index (χ2n) is 5.12. The Morgan fingerprint density at radius 2 is 2.25 bits per heavy atom. The lowest BCUT2D eigenvalue weighted by molar-refractivity contribution is -0.0997. The topological polar surface area (TPSA) is 38.7 Å². The zero-order chi connectivity index (χ0) is 12.0. The lowest BCUT2D eigenvalue weighted by Crippen LogP contribution is -2.39. The van der Waals surface area contributed by atoms with Crippen LogP contribution in [0.4, 0.5) is 0 Å². The summed E-state index contributed by atoms with van der Waals surface area (Å²) in [5, 5.41) is 10.0. The highest BCUT2D eigenvalue weighted by Gasteiger charge is 2.28. The third-order valence-corrected chi connectivity index (χ3v) is 3.35. The van der Waals surface area contributed by atoms with Crippen LogP contribution < -0.4 is 0 Å². The molecule has 0 saturated carbocycles. The fraction of sp³-hybridized carbons (Fsp3) is 1.00. The van der Waals surface area contributed by atoms with Crippen LogP contribution in [0.2, 0.25) is 0 Å². The quantitative estimate of drug-likeness (QED) is 0.730. The molecule has 0 bridgehead atoms. The van der Waals surface area contributed by atoms with E-state index in [1.54, 1.807) is 0 Å². The minimum absolute atomic E-state index is 0.381. The molecule has 0 aromatic rings. The van der Waals surface area contributed by atoms with Crippen LogP contribution in [0.5, 0.6) is 0 Å². The normalized spacial score (nSPS) is 23.6. The summed E-state index contributed by atoms with van der Waals surface area (Å²) in [6.07, 6.45) is 5.31. The first-order valence-electron chi connectivity index (χ1n) is 6.50. The summed E-state index contributed by atoms with van der Waals surface area (Å²) in [4.78, 5) is 0. The van der Waals surface area contributed by atoms with E-state index in [-0.39, 0.29) is 6.10 Å². The molecule has 0 spiro atoms. The summed E-state index contributed by atoms with van der Waals surface area (Å²) in [5.74, 6) is 0. The molecule has 2 unspecified atom stereocenters. The zero-order valence-electron chi connectivity index (χ0n) is 10.9. The lowest BCUT2D eigenvalue weighted by Gasteiger charge is -2.30. The molecule has 1 rings (SSSR count). The average molecular weight is 230 g/mol. The van der Waals surface area contributed by atoms with Crippen molar-refractivity contribution in [2.75, 3.05) is 13.2 Å². The molecule has 0 amide bonds. The molecule has 3 heteroatoms. The van der Waals surface area contributed by atoms with Crippen molar-refractivity contribution in [1.82, 2.24) is 0 Å². The first-order valence-corrected chi connectivity index (χ1v) is 6.50. The molecule has 2 atom stereocenters. The van der Waals surface area contributed by atoms with Crippen LogP contribution in [-0.4, -0.2) is 36.1 Å². The Bertz CT molecular complexity index is 186. The van der Waals surface area contributed by atoms with E-state index < -0.39 is 5.60 Å². The number of hydrogen-bond acceptors (Lipinski definition) is 3. The van der Waals surface area contributed by atoms with Crippen LogP contribution in [0.15, 0.2) is 0 Å². The Morgan fingerprint density at radius 1 is 1.50 bits per heavy atom. The first kappa shape index (κ1) is 13.9. The molecule has 1 aliphatic rings. The van der Waals surface area contributed by atoms with Crippen LogP contribution in [0.1, 0.15) is 52.9 Å². The summed E-state index contributed by atoms with van der Waals surface area (Å²) >= 11 is 0. The SMILES string of the molecule is CCOC(C)(C)C(O)CCCC1CCCO1. The first-order chi connectivity index (χ1) is 7.56. The minimum atomic E-state index is -0.425. The van der Waals surface area contributed by atoms with E-state index in [0.29, 0.717) is 12.7 Å². The largest absolute Gasteiger partial charge is 0.390 e. The van der Waals surface area contributed by atoms with Gasteiger partial charge >= 0.3 is 0 Å². The molecular formula is C13H26O3. The van der Waals surface area contributed by atoms with Gasteiger partial charge in [0.2, 0.25) is 0 Å². The third kappa shape index (κ3) is 4.40. The maximum Gasteiger partial charge on any atom is 0.0884 e. The molecule has 1 fully saturated rings. The zero-order valence-corrected chi connectivity index (χ0v) is 10.9. The van der Waals surface area contributed by atoms with Gasteiger partial charge in [-0.3, -0.25) is 0 Å². The van der Waals surface area contributed by atoms with Crippen LogP contribution in [0.25, 0.3) is 0 Å². The van der Waals surface area contributed by atoms with Crippen molar-refractivity contribution >= 4 is 0 Å². The van der Waals surface area contributed by atoms with Gasteiger partial charge in [-0.1, -0.05) is 0 Å². The van der Waals surface area contributed by atoms with Gasteiger partial charge in [-0.05, 0) is 52.9 Å². The van der Waals surface area contributed by atoms with Crippen molar-refractivity contribution in [3.8, 4) is 0 Å². The standard InChI is InChI=1S/C13H26O3/c1-4-16-13(2,3)12(14)9-5-7-11-8-6-10-15-11/h11-12,14H,4-10H2,1-3H3. The van der Waals surface area contributed by atoms with E-state index in [4.69, 9.17) is 9.47 Å². The third-order valence-electron chi connectivity index (χ3n) is 3.35. The monoisotopic (exact) mass is 230 g/mol. The Hall–Kier alpha value is -0.120. The van der Waals surface area contributed by atoms with Crippen molar-refractivity contribution in [1.29, 1.82) is 0 Å². The van der Waals surface area contributed by atoms with Gasteiger partial charge in [-0.25, -0.2) is 0 Å². The van der Waals surface area contributed by atoms with Gasteiger partial charge in [0.1, 0.15) is 0 Å². The van der Waals surface area contributed by atoms with E-state index in [1.165, 1.54) is 12.8 Å². The van der Waals surface area contributed by atoms with Crippen LogP contribution >= 0.6 is 0 Å². The maximum absolute atomic E-state index is 10.0. The molecule has 1 saturated heterocycles. The molecular weight excluding hydrogens is 204 g/mol. The van der Waals surface area contributed by atoms with Crippen LogP contribution in [0.3, 0.4) is 0 Å². The van der Waals surface area contributed by atoms with Crippen molar-refractivity contribution < 1.29 is 14.6 Å². The highest BCUT2D eigenvalue weighted by atomic mass is 16.5. The Balaban J connectivity index is 2.15. The summed E-state index contributed by atoms with van der Waals surface area (Å²) in [5.41, 5.74) is -0.425. The molecule has 0 radical (unpaired) electrons. The van der Waals surface area contributed by atoms with E-state index in [9.17, 15) is 5.11 Å². The summed E-state index contributed by atoms with van der Waals surface area (Å²) < 4.78 is 11.1. The summed E-state index contributed by atoms with van der Waals surface area (Å²) in [6, 6.07) is 0. The predicted octanol–water partition coefficient (Wildman–Crippen LogP) is 2.51. The van der Waals surface area contributed by atoms with E-state index in [2.05, 4.69) is 0 Å². The lowest BCUT2D eigenvalue weighted by atomic mass is 9.95. The molecule has 16 heavy (non-hydrogen) atoms. The number of ether oxygens (including phenoxy) is 2. The smallest absolute Gasteiger partial charge is 0.0884 e. The highest BCUT2D eigenvalue weighted by Crippen LogP contribution is 2.22. The van der Waals surface area contributed by atoms with E-state index in [1.807, 2.05) is 20.8 Å². The van der Waals surface area contributed by atoms with Crippen LogP contribution in [0, 0.1) is 0 Å². The molecule has 3 nitrogen and oxygen atoms in total. The molecule has 1 heterocycles. The molecule has 0 aromatic heterocycles. The average Bonchev–Trinajstić information content (AvgIpc) is 2.70. The second-order valence-corrected chi connectivity index (χ2v) is 5.12. The van der Waals surface area contributed by atoms with Gasteiger partial charge in [-0.2, -0.15) is 0 Å². The fourth-order valence-electron chi connectivity index (χ4n) is 2.23. The number of hydrogen-bond donors (Lipinski definition) is 1. The van der Waals surface area contributed by atoms with Gasteiger partial charge < -0.3 is 14.6 Å². The van der Waals surface area contributed by atoms with Crippen molar-refractivity contribution in [2.24, 2.45) is 0 Å². The van der Waals surface area contributed by atoms with Crippen molar-refractivity contribution in [3.63, 3.8) is 0 Å². The highest BCUT2D eigenvalue weighted by molar-refractivity contribution is 4.79. The Morgan fingerprint density at radius 3 is 2.81 bits per heavy atom. The van der Waals surface area contributed by atoms with Crippen molar-refractivity contribution in [3.05, 3.63) is 0 Å². The van der Waals surface area contributed by atoms with Crippen molar-refractivity contribution in [2.45, 2.75) is 70.7 Å². The van der Waals surface area contributed by atoms with Gasteiger partial charge in [0, 0.05) is 13.2 Å². The summed E-state index contributed by atoms with van der Waals surface area (Å²) in [7, 11) is 0. The predicted molar refractivity (Wildman–Crippen MR) is 64.5 cm³/mol. The molecule has 0 aromatic carbocycles. The Kier molecular flexibility index (Phi) is 5.73. The second kappa shape index (κ2) is 6.58. The molecule has 1 N–H and O–H groups in total. The number of aliphatic hydroxyl groups excluding tert-OH is 1. The van der Waals surface area contributed by atoms with Gasteiger partial charge in [0.25, 0.3) is 0 Å². The number of aliphatic hydroxyl groups is 1. The van der Waals surface area contributed by atoms with Gasteiger partial charge in [0.15, 0.2) is 0 Å². The van der Waals surface area contributed by atoms with E-state index in [0.717, 1.165) is 25.9 Å². The minimum Gasteiger partial charge on any atom is -0.390 e. The molecule has 1 aliphatic heterocycles. The van der Waals surface area contributed by atoms with Crippen LogP contribution in [-0.2, 0) is 9.47 Å². The maximum atomic E-state index is 10.0.